The van der Waals surface area contributed by atoms with Crippen LogP contribution in [0.1, 0.15) is 96.1 Å². The van der Waals surface area contributed by atoms with Gasteiger partial charge in [0.2, 0.25) is 0 Å². The highest BCUT2D eigenvalue weighted by Crippen LogP contribution is 2.24. The van der Waals surface area contributed by atoms with Crippen molar-refractivity contribution in [1.82, 2.24) is 0 Å². The second kappa shape index (κ2) is 13.9. The van der Waals surface area contributed by atoms with Gasteiger partial charge in [-0.15, -0.1) is 0 Å². The predicted octanol–water partition coefficient (Wildman–Crippen LogP) is 6.11. The summed E-state index contributed by atoms with van der Waals surface area (Å²) in [5.74, 6) is -0.411. The van der Waals surface area contributed by atoms with Crippen LogP contribution >= 0.6 is 0 Å². The monoisotopic (exact) mass is 389 g/mol. The fraction of sp³-hybridized carbons (Fsp3) is 0.609. The summed E-state index contributed by atoms with van der Waals surface area (Å²) < 4.78 is 5.32. The van der Waals surface area contributed by atoms with Crippen molar-refractivity contribution >= 4 is 17.7 Å². The van der Waals surface area contributed by atoms with Gasteiger partial charge in [-0.05, 0) is 31.9 Å². The number of nitrogens with zero attached hydrogens (tertiary/aromatic N) is 1. The molecule has 0 aromatic heterocycles. The van der Waals surface area contributed by atoms with Gasteiger partial charge in [-0.2, -0.15) is 0 Å². The van der Waals surface area contributed by atoms with Crippen molar-refractivity contribution in [2.45, 2.75) is 91.9 Å². The summed E-state index contributed by atoms with van der Waals surface area (Å²) >= 11 is 0. The summed E-state index contributed by atoms with van der Waals surface area (Å²) in [5.41, 5.74) is 2.36. The highest BCUT2D eigenvalue weighted by molar-refractivity contribution is 6.03. The molecule has 0 heterocycles. The molecule has 1 aromatic rings. The molecule has 28 heavy (non-hydrogen) atoms. The van der Waals surface area contributed by atoms with Crippen LogP contribution in [-0.2, 0) is 14.4 Å². The lowest BCUT2D eigenvalue weighted by Gasteiger charge is -2.12. The molecule has 0 atom stereocenters. The van der Waals surface area contributed by atoms with Crippen LogP contribution in [0.2, 0.25) is 0 Å². The van der Waals surface area contributed by atoms with E-state index < -0.39 is 5.97 Å². The van der Waals surface area contributed by atoms with Crippen LogP contribution in [0.25, 0.3) is 0 Å². The first-order valence-corrected chi connectivity index (χ1v) is 10.5. The summed E-state index contributed by atoms with van der Waals surface area (Å²) in [7, 11) is 0. The van der Waals surface area contributed by atoms with Gasteiger partial charge >= 0.3 is 11.9 Å². The van der Waals surface area contributed by atoms with Crippen molar-refractivity contribution in [3.8, 4) is 5.75 Å². The average Bonchev–Trinajstić information content (AvgIpc) is 2.64. The lowest BCUT2D eigenvalue weighted by molar-refractivity contribution is -0.141. The molecule has 0 aliphatic heterocycles. The van der Waals surface area contributed by atoms with E-state index >= 15 is 0 Å². The minimum atomic E-state index is -0.466. The third kappa shape index (κ3) is 10.2. The third-order valence-corrected chi connectivity index (χ3v) is 4.50. The van der Waals surface area contributed by atoms with Gasteiger partial charge < -0.3 is 9.57 Å². The molecule has 0 fully saturated rings. The zero-order chi connectivity index (χ0) is 20.8. The summed E-state index contributed by atoms with van der Waals surface area (Å²) in [4.78, 5) is 27.5. The fourth-order valence-electron chi connectivity index (χ4n) is 3.07. The molecule has 0 radical (unpaired) electrons. The zero-order valence-corrected chi connectivity index (χ0v) is 17.9. The largest absolute Gasteiger partial charge is 0.426 e. The Morgan fingerprint density at radius 2 is 1.50 bits per heavy atom. The van der Waals surface area contributed by atoms with E-state index in [0.29, 0.717) is 23.4 Å². The summed E-state index contributed by atoms with van der Waals surface area (Å²) in [6.45, 7) is 6.88. The number of hydrogen-bond acceptors (Lipinski definition) is 5. The first-order valence-electron chi connectivity index (χ1n) is 10.5. The second-order valence-electron chi connectivity index (χ2n) is 7.29. The van der Waals surface area contributed by atoms with E-state index in [1.165, 1.54) is 58.8 Å². The lowest BCUT2D eigenvalue weighted by Crippen LogP contribution is -2.10. The van der Waals surface area contributed by atoms with Crippen LogP contribution < -0.4 is 4.74 Å². The number of carbonyl (C=O) groups excluding carboxylic acids is 2. The summed E-state index contributed by atoms with van der Waals surface area (Å²) in [5, 5.41) is 4.05. The van der Waals surface area contributed by atoms with Crippen molar-refractivity contribution in [3.63, 3.8) is 0 Å². The van der Waals surface area contributed by atoms with Gasteiger partial charge in [0.15, 0.2) is 0 Å². The van der Waals surface area contributed by atoms with Crippen LogP contribution in [0.5, 0.6) is 5.75 Å². The van der Waals surface area contributed by atoms with Crippen LogP contribution in [0, 0.1) is 6.92 Å². The van der Waals surface area contributed by atoms with E-state index in [-0.39, 0.29) is 5.97 Å². The Morgan fingerprint density at radius 3 is 2.07 bits per heavy atom. The van der Waals surface area contributed by atoms with Crippen LogP contribution in [-0.4, -0.2) is 17.7 Å². The van der Waals surface area contributed by atoms with Gasteiger partial charge in [0, 0.05) is 19.4 Å². The number of unbranched alkanes of at least 4 members (excludes halogenated alkanes) is 8. The first-order chi connectivity index (χ1) is 13.4. The fourth-order valence-corrected chi connectivity index (χ4v) is 3.07. The Hall–Kier alpha value is -2.17. The molecule has 1 rings (SSSR count). The van der Waals surface area contributed by atoms with Gasteiger partial charge in [0.05, 0.1) is 5.71 Å². The number of aryl methyl sites for hydroxylation is 1. The molecule has 0 unspecified atom stereocenters. The minimum Gasteiger partial charge on any atom is -0.426 e. The molecule has 0 bridgehead atoms. The van der Waals surface area contributed by atoms with Crippen molar-refractivity contribution in [2.24, 2.45) is 5.16 Å². The van der Waals surface area contributed by atoms with Crippen LogP contribution in [0.4, 0.5) is 0 Å². The molecule has 1 aromatic carbocycles. The van der Waals surface area contributed by atoms with Gasteiger partial charge in [-0.25, -0.2) is 4.79 Å². The molecule has 0 saturated carbocycles. The number of rotatable bonds is 13. The maximum Gasteiger partial charge on any atom is 0.331 e. The number of hydrogen-bond donors (Lipinski definition) is 0. The molecular weight excluding hydrogens is 354 g/mol. The lowest BCUT2D eigenvalue weighted by atomic mass is 10.00. The van der Waals surface area contributed by atoms with Crippen molar-refractivity contribution in [1.29, 1.82) is 0 Å². The molecule has 0 saturated heterocycles. The third-order valence-electron chi connectivity index (χ3n) is 4.50. The molecule has 0 spiro atoms. The van der Waals surface area contributed by atoms with Crippen molar-refractivity contribution < 1.29 is 19.2 Å². The molecule has 5 nitrogen and oxygen atoms in total. The topological polar surface area (TPSA) is 65.0 Å². The van der Waals surface area contributed by atoms with Crippen molar-refractivity contribution in [3.05, 3.63) is 29.3 Å². The Kier molecular flexibility index (Phi) is 11.9. The number of carbonyl (C=O) groups is 2. The predicted molar refractivity (Wildman–Crippen MR) is 113 cm³/mol. The molecular formula is C23H35NO4. The number of ether oxygens (including phenoxy) is 1. The van der Waals surface area contributed by atoms with Gasteiger partial charge in [-0.1, -0.05) is 75.1 Å². The van der Waals surface area contributed by atoms with Gasteiger partial charge in [-0.3, -0.25) is 4.79 Å². The Balaban J connectivity index is 2.67. The van der Waals surface area contributed by atoms with Crippen molar-refractivity contribution in [2.75, 3.05) is 0 Å². The molecule has 0 aliphatic rings. The molecule has 156 valence electrons. The van der Waals surface area contributed by atoms with E-state index in [1.807, 2.05) is 19.1 Å². The maximum absolute atomic E-state index is 11.4. The van der Waals surface area contributed by atoms with E-state index in [1.54, 1.807) is 6.07 Å². The highest BCUT2D eigenvalue weighted by atomic mass is 16.7. The maximum atomic E-state index is 11.4. The van der Waals surface area contributed by atoms with Gasteiger partial charge in [0.1, 0.15) is 5.75 Å². The quantitative estimate of drug-likeness (QED) is 0.102. The first kappa shape index (κ1) is 23.9. The van der Waals surface area contributed by atoms with E-state index in [2.05, 4.69) is 12.1 Å². The van der Waals surface area contributed by atoms with E-state index in [4.69, 9.17) is 9.57 Å². The minimum absolute atomic E-state index is 0.389. The normalized spacial score (nSPS) is 11.4. The van der Waals surface area contributed by atoms with E-state index in [0.717, 1.165) is 18.4 Å². The number of esters is 1. The molecule has 5 heteroatoms. The van der Waals surface area contributed by atoms with Gasteiger partial charge in [0.25, 0.3) is 0 Å². The van der Waals surface area contributed by atoms with Crippen LogP contribution in [0.15, 0.2) is 23.4 Å². The standard InChI is InChI=1S/C23H35NO4/c1-5-6-7-8-9-10-11-12-13-14-22(24-28-20(4)26)21-17-18(2)15-16-23(21)27-19(3)25/h15-17H,5-14H2,1-4H3. The van der Waals surface area contributed by atoms with E-state index in [9.17, 15) is 9.59 Å². The van der Waals surface area contributed by atoms with Crippen LogP contribution in [0.3, 0.4) is 0 Å². The summed E-state index contributed by atoms with van der Waals surface area (Å²) in [6.07, 6.45) is 11.7. The Morgan fingerprint density at radius 1 is 0.893 bits per heavy atom. The molecule has 0 aliphatic carbocycles. The SMILES string of the molecule is CCCCCCCCCCCC(=NOC(C)=O)c1cc(C)ccc1OC(C)=O. The number of benzene rings is 1. The Labute approximate surface area is 169 Å². The highest BCUT2D eigenvalue weighted by Gasteiger charge is 2.14. The molecule has 0 N–H and O–H groups in total. The summed E-state index contributed by atoms with van der Waals surface area (Å²) in [6, 6.07) is 5.55. The second-order valence-corrected chi connectivity index (χ2v) is 7.29. The average molecular weight is 390 g/mol. The number of oxime groups is 1. The zero-order valence-electron chi connectivity index (χ0n) is 17.9. The smallest absolute Gasteiger partial charge is 0.331 e. The molecule has 0 amide bonds. The Bertz CT molecular complexity index is 652.